The van der Waals surface area contributed by atoms with Crippen molar-refractivity contribution in [3.05, 3.63) is 64.2 Å². The molecule has 1 aliphatic carbocycles. The summed E-state index contributed by atoms with van der Waals surface area (Å²) in [6.45, 7) is 3.90. The molecule has 0 aromatic heterocycles. The van der Waals surface area contributed by atoms with Gasteiger partial charge in [-0.05, 0) is 43.5 Å². The highest BCUT2D eigenvalue weighted by atomic mass is 16.6. The van der Waals surface area contributed by atoms with Gasteiger partial charge >= 0.3 is 0 Å². The zero-order valence-electron chi connectivity index (χ0n) is 17.8. The molecule has 1 atom stereocenters. The molecule has 160 valence electrons. The van der Waals surface area contributed by atoms with Crippen LogP contribution in [0.15, 0.2) is 48.5 Å². The van der Waals surface area contributed by atoms with Gasteiger partial charge in [-0.1, -0.05) is 49.6 Å². The van der Waals surface area contributed by atoms with Gasteiger partial charge in [0.1, 0.15) is 5.69 Å². The number of nitro groups is 1. The first kappa shape index (κ1) is 20.7. The fraction of sp³-hybridized carbons (Fsp3) is 0.500. The Kier molecular flexibility index (Phi) is 6.53. The van der Waals surface area contributed by atoms with Crippen LogP contribution in [0.2, 0.25) is 0 Å². The molecule has 6 heteroatoms. The highest BCUT2D eigenvalue weighted by Crippen LogP contribution is 2.39. The molecule has 0 amide bonds. The van der Waals surface area contributed by atoms with Crippen molar-refractivity contribution in [1.82, 2.24) is 4.90 Å². The first-order valence-corrected chi connectivity index (χ1v) is 11.2. The molecule has 2 aromatic rings. The van der Waals surface area contributed by atoms with Gasteiger partial charge in [-0.3, -0.25) is 10.1 Å². The molecular weight excluding hydrogens is 376 g/mol. The summed E-state index contributed by atoms with van der Waals surface area (Å²) in [7, 11) is 2.13. The lowest BCUT2D eigenvalue weighted by Gasteiger charge is -2.35. The van der Waals surface area contributed by atoms with Crippen LogP contribution in [0.4, 0.5) is 17.1 Å². The second kappa shape index (κ2) is 9.47. The average Bonchev–Trinajstić information content (AvgIpc) is 2.79. The summed E-state index contributed by atoms with van der Waals surface area (Å²) in [5, 5.41) is 15.4. The molecule has 2 aromatic carbocycles. The van der Waals surface area contributed by atoms with E-state index in [4.69, 9.17) is 0 Å². The van der Waals surface area contributed by atoms with Gasteiger partial charge in [0.15, 0.2) is 0 Å². The van der Waals surface area contributed by atoms with E-state index in [1.165, 1.54) is 37.7 Å². The maximum Gasteiger partial charge on any atom is 0.292 e. The van der Waals surface area contributed by atoms with Crippen molar-refractivity contribution in [3.8, 4) is 0 Å². The zero-order valence-corrected chi connectivity index (χ0v) is 17.8. The predicted octanol–water partition coefficient (Wildman–Crippen LogP) is 5.08. The number of anilines is 2. The number of piperazine rings is 1. The van der Waals surface area contributed by atoms with Crippen LogP contribution >= 0.6 is 0 Å². The normalized spacial score (nSPS) is 19.4. The maximum absolute atomic E-state index is 11.8. The van der Waals surface area contributed by atoms with Crippen molar-refractivity contribution in [1.29, 1.82) is 0 Å². The number of nitrogens with one attached hydrogen (secondary N) is 1. The lowest BCUT2D eigenvalue weighted by atomic mass is 9.81. The van der Waals surface area contributed by atoms with E-state index in [-0.39, 0.29) is 16.7 Å². The van der Waals surface area contributed by atoms with Crippen LogP contribution in [-0.2, 0) is 0 Å². The van der Waals surface area contributed by atoms with Crippen molar-refractivity contribution in [3.63, 3.8) is 0 Å². The molecule has 2 fully saturated rings. The van der Waals surface area contributed by atoms with E-state index >= 15 is 0 Å². The van der Waals surface area contributed by atoms with Gasteiger partial charge in [0, 0.05) is 37.9 Å². The van der Waals surface area contributed by atoms with Crippen molar-refractivity contribution >= 4 is 17.1 Å². The monoisotopic (exact) mass is 408 g/mol. The molecule has 1 unspecified atom stereocenters. The number of benzene rings is 2. The van der Waals surface area contributed by atoms with Crippen LogP contribution in [0.25, 0.3) is 0 Å². The Morgan fingerprint density at radius 1 is 1.00 bits per heavy atom. The second-order valence-corrected chi connectivity index (χ2v) is 8.68. The Bertz CT molecular complexity index is 844. The molecule has 1 saturated carbocycles. The van der Waals surface area contributed by atoms with Gasteiger partial charge in [-0.25, -0.2) is 0 Å². The predicted molar refractivity (Wildman–Crippen MR) is 122 cm³/mol. The molecular formula is C24H32N4O2. The molecule has 2 aliphatic rings. The Balaban J connectivity index is 1.65. The topological polar surface area (TPSA) is 61.7 Å². The lowest BCUT2D eigenvalue weighted by Crippen LogP contribution is -2.44. The molecule has 0 bridgehead atoms. The quantitative estimate of drug-likeness (QED) is 0.533. The molecule has 1 saturated heterocycles. The number of nitrogens with zero attached hydrogens (tertiary/aromatic N) is 3. The Morgan fingerprint density at radius 2 is 1.70 bits per heavy atom. The summed E-state index contributed by atoms with van der Waals surface area (Å²) < 4.78 is 0. The summed E-state index contributed by atoms with van der Waals surface area (Å²) >= 11 is 0. The molecule has 1 N–H and O–H groups in total. The molecule has 0 radical (unpaired) electrons. The highest BCUT2D eigenvalue weighted by Gasteiger charge is 2.28. The van der Waals surface area contributed by atoms with E-state index in [1.54, 1.807) is 6.07 Å². The largest absolute Gasteiger partial charge is 0.372 e. The smallest absolute Gasteiger partial charge is 0.292 e. The fourth-order valence-corrected chi connectivity index (χ4v) is 4.83. The fourth-order valence-electron chi connectivity index (χ4n) is 4.83. The SMILES string of the molecule is CN1CCN(c2ccc([N+](=O)[O-])c(NC(c3ccccc3)C3CCCCC3)c2)CC1. The number of nitro benzene ring substituents is 1. The van der Waals surface area contributed by atoms with Gasteiger partial charge in [0.25, 0.3) is 5.69 Å². The van der Waals surface area contributed by atoms with Crippen LogP contribution < -0.4 is 10.2 Å². The van der Waals surface area contributed by atoms with Crippen LogP contribution in [0.1, 0.15) is 43.7 Å². The summed E-state index contributed by atoms with van der Waals surface area (Å²) in [5.41, 5.74) is 3.07. The standard InChI is InChI=1S/C24H32N4O2/c1-26-14-16-27(17-15-26)21-12-13-23(28(29)30)22(18-21)25-24(19-8-4-2-5-9-19)20-10-6-3-7-11-20/h2,4-5,8-9,12-13,18,20,24-25H,3,6-7,10-11,14-17H2,1H3. The van der Waals surface area contributed by atoms with Gasteiger partial charge in [0.05, 0.1) is 11.0 Å². The first-order chi connectivity index (χ1) is 14.6. The van der Waals surface area contributed by atoms with E-state index in [9.17, 15) is 10.1 Å². The molecule has 30 heavy (non-hydrogen) atoms. The minimum absolute atomic E-state index is 0.0907. The number of hydrogen-bond donors (Lipinski definition) is 1. The van der Waals surface area contributed by atoms with Crippen LogP contribution in [0, 0.1) is 16.0 Å². The molecule has 4 rings (SSSR count). The van der Waals surface area contributed by atoms with Crippen molar-refractivity contribution in [2.75, 3.05) is 43.4 Å². The van der Waals surface area contributed by atoms with Crippen molar-refractivity contribution in [2.24, 2.45) is 5.92 Å². The second-order valence-electron chi connectivity index (χ2n) is 8.68. The van der Waals surface area contributed by atoms with E-state index in [0.29, 0.717) is 11.6 Å². The maximum atomic E-state index is 11.8. The van der Waals surface area contributed by atoms with E-state index < -0.39 is 0 Å². The van der Waals surface area contributed by atoms with E-state index in [2.05, 4.69) is 46.4 Å². The van der Waals surface area contributed by atoms with Crippen molar-refractivity contribution < 1.29 is 4.92 Å². The van der Waals surface area contributed by atoms with E-state index in [1.807, 2.05) is 18.2 Å². The number of rotatable bonds is 6. The Hall–Kier alpha value is -2.60. The highest BCUT2D eigenvalue weighted by molar-refractivity contribution is 5.70. The van der Waals surface area contributed by atoms with Gasteiger partial charge in [-0.15, -0.1) is 0 Å². The zero-order chi connectivity index (χ0) is 20.9. The van der Waals surface area contributed by atoms with Crippen LogP contribution in [0.5, 0.6) is 0 Å². The summed E-state index contributed by atoms with van der Waals surface area (Å²) in [6, 6.07) is 16.1. The lowest BCUT2D eigenvalue weighted by molar-refractivity contribution is -0.384. The molecule has 1 aliphatic heterocycles. The number of hydrogen-bond acceptors (Lipinski definition) is 5. The van der Waals surface area contributed by atoms with Gasteiger partial charge < -0.3 is 15.1 Å². The van der Waals surface area contributed by atoms with Crippen molar-refractivity contribution in [2.45, 2.75) is 38.1 Å². The summed E-state index contributed by atoms with van der Waals surface area (Å²) in [6.07, 6.45) is 6.09. The third-order valence-electron chi connectivity index (χ3n) is 6.64. The molecule has 6 nitrogen and oxygen atoms in total. The third kappa shape index (κ3) is 4.75. The average molecular weight is 409 g/mol. The molecule has 0 spiro atoms. The Labute approximate surface area is 179 Å². The Morgan fingerprint density at radius 3 is 2.37 bits per heavy atom. The van der Waals surface area contributed by atoms with Gasteiger partial charge in [-0.2, -0.15) is 0 Å². The van der Waals surface area contributed by atoms with Gasteiger partial charge in [0.2, 0.25) is 0 Å². The molecule has 1 heterocycles. The minimum atomic E-state index is -0.265. The number of likely N-dealkylation sites (N-methyl/N-ethyl adjacent to an activating group) is 1. The van der Waals surface area contributed by atoms with E-state index in [0.717, 1.165) is 31.9 Å². The summed E-state index contributed by atoms with van der Waals surface area (Å²) in [4.78, 5) is 16.2. The van der Waals surface area contributed by atoms with Crippen LogP contribution in [-0.4, -0.2) is 43.0 Å². The minimum Gasteiger partial charge on any atom is -0.372 e. The third-order valence-corrected chi connectivity index (χ3v) is 6.64. The summed E-state index contributed by atoms with van der Waals surface area (Å²) in [5.74, 6) is 0.494. The van der Waals surface area contributed by atoms with Crippen LogP contribution in [0.3, 0.4) is 0 Å². The first-order valence-electron chi connectivity index (χ1n) is 11.2.